The van der Waals surface area contributed by atoms with E-state index in [9.17, 15) is 53.6 Å². The number of aliphatic hydroxyl groups is 2. The number of nitrogens with zero attached hydrogens (tertiary/aromatic N) is 5. The monoisotopic (exact) mass is 1880 g/mol. The van der Waals surface area contributed by atoms with Gasteiger partial charge in [0.2, 0.25) is 88.6 Å². The number of carbonyl (C=O) groups is 16. The highest BCUT2D eigenvalue weighted by molar-refractivity contribution is 8.00. The Balaban J connectivity index is 1.14. The van der Waals surface area contributed by atoms with Gasteiger partial charge in [0.25, 0.3) is 0 Å². The first-order valence-electron chi connectivity index (χ1n) is 44.8. The molecular weight excluding hydrogens is 1760 g/mol. The number of amides is 15. The number of aromatic amines is 1. The van der Waals surface area contributed by atoms with Crippen molar-refractivity contribution in [2.45, 2.75) is 222 Å². The quantitative estimate of drug-likeness (QED) is 0.0352. The molecule has 5 aromatic carbocycles. The summed E-state index contributed by atoms with van der Waals surface area (Å²) in [7, 11) is 3.77. The molecular formula is C94H123F2N17O20S. The number of carboxylic acids is 1. The predicted octanol–water partition coefficient (Wildman–Crippen LogP) is 0.792. The van der Waals surface area contributed by atoms with Crippen LogP contribution in [0.5, 0.6) is 5.75 Å². The molecule has 3 aliphatic heterocycles. The Morgan fingerprint density at radius 2 is 1.04 bits per heavy atom. The van der Waals surface area contributed by atoms with Crippen LogP contribution in [0, 0.1) is 23.5 Å². The number of phenols is 1. The number of carboxylic acid groups (broad SMARTS) is 1. The fourth-order valence-electron chi connectivity index (χ4n) is 16.6. The lowest BCUT2D eigenvalue weighted by Crippen LogP contribution is -2.62. The average molecular weight is 1880 g/mol. The Morgan fingerprint density at radius 1 is 0.515 bits per heavy atom. The number of aliphatic hydroxyl groups excluding tert-OH is 2. The van der Waals surface area contributed by atoms with Crippen LogP contribution in [-0.2, 0) is 109 Å². The lowest BCUT2D eigenvalue weighted by atomic mass is 9.98. The molecule has 40 heteroatoms. The van der Waals surface area contributed by atoms with E-state index >= 15 is 52.3 Å². The van der Waals surface area contributed by atoms with Crippen molar-refractivity contribution >= 4 is 117 Å². The van der Waals surface area contributed by atoms with Gasteiger partial charge in [0.05, 0.1) is 30.9 Å². The highest BCUT2D eigenvalue weighted by Crippen LogP contribution is 2.29. The summed E-state index contributed by atoms with van der Waals surface area (Å²) in [5.74, 6) is -21.6. The maximum Gasteiger partial charge on any atom is 0.305 e. The molecule has 1 aromatic heterocycles. The molecule has 724 valence electrons. The summed E-state index contributed by atoms with van der Waals surface area (Å²) in [5.41, 5.74) is 13.9. The minimum Gasteiger partial charge on any atom is -0.508 e. The van der Waals surface area contributed by atoms with Gasteiger partial charge in [0.15, 0.2) is 11.6 Å². The number of para-hydroxylation sites is 1. The molecule has 3 aliphatic rings. The second-order valence-corrected chi connectivity index (χ2v) is 36.1. The number of primary amides is 1. The van der Waals surface area contributed by atoms with Gasteiger partial charge in [-0.15, -0.1) is 11.8 Å². The van der Waals surface area contributed by atoms with Crippen molar-refractivity contribution in [2.75, 3.05) is 58.8 Å². The van der Waals surface area contributed by atoms with E-state index in [-0.39, 0.29) is 75.6 Å². The van der Waals surface area contributed by atoms with Gasteiger partial charge in [-0.05, 0) is 109 Å². The zero-order chi connectivity index (χ0) is 97.9. The summed E-state index contributed by atoms with van der Waals surface area (Å²) in [6.07, 6.45) is -4.11. The second kappa shape index (κ2) is 49.7. The summed E-state index contributed by atoms with van der Waals surface area (Å²) in [5, 5.41) is 68.1. The van der Waals surface area contributed by atoms with Crippen LogP contribution in [0.25, 0.3) is 10.9 Å². The minimum absolute atomic E-state index is 0.0247. The van der Waals surface area contributed by atoms with Gasteiger partial charge in [-0.3, -0.25) is 76.7 Å². The molecule has 4 heterocycles. The van der Waals surface area contributed by atoms with Crippen LogP contribution in [0.15, 0.2) is 134 Å². The van der Waals surface area contributed by atoms with Gasteiger partial charge in [-0.2, -0.15) is 0 Å². The molecule has 0 radical (unpaired) electrons. The number of nitrogens with one attached hydrogen (secondary N) is 10. The number of thioether (sulfide) groups is 1. The van der Waals surface area contributed by atoms with Crippen molar-refractivity contribution in [3.63, 3.8) is 0 Å². The van der Waals surface area contributed by atoms with E-state index in [0.29, 0.717) is 57.8 Å². The third-order valence-electron chi connectivity index (χ3n) is 24.0. The predicted molar refractivity (Wildman–Crippen MR) is 490 cm³/mol. The Hall–Kier alpha value is -13.0. The van der Waals surface area contributed by atoms with E-state index in [4.69, 9.17) is 11.5 Å². The molecule has 134 heavy (non-hydrogen) atoms. The van der Waals surface area contributed by atoms with Gasteiger partial charge in [0.1, 0.15) is 84.3 Å². The summed E-state index contributed by atoms with van der Waals surface area (Å²) < 4.78 is 29.9. The number of fused-ring (bicyclic) bond motifs is 3. The molecule has 0 aliphatic carbocycles. The number of nitrogens with two attached hydrogens (primary N) is 2. The smallest absolute Gasteiger partial charge is 0.305 e. The highest BCUT2D eigenvalue weighted by atomic mass is 32.2. The van der Waals surface area contributed by atoms with Crippen LogP contribution in [0.2, 0.25) is 0 Å². The molecule has 0 bridgehead atoms. The van der Waals surface area contributed by atoms with Gasteiger partial charge in [-0.1, -0.05) is 145 Å². The van der Waals surface area contributed by atoms with E-state index in [2.05, 4.69) is 52.8 Å². The number of benzene rings is 5. The van der Waals surface area contributed by atoms with Crippen LogP contribution >= 0.6 is 11.8 Å². The first-order chi connectivity index (χ1) is 63.7. The molecule has 3 fully saturated rings. The van der Waals surface area contributed by atoms with Crippen LogP contribution in [0.4, 0.5) is 8.78 Å². The van der Waals surface area contributed by atoms with E-state index in [0.717, 1.165) is 42.7 Å². The highest BCUT2D eigenvalue weighted by Gasteiger charge is 2.48. The zero-order valence-electron chi connectivity index (χ0n) is 76.2. The average Bonchev–Trinajstić information content (AvgIpc) is 1.57. The molecule has 0 unspecified atom stereocenters. The largest absolute Gasteiger partial charge is 0.508 e. The molecule has 6 aromatic rings. The number of aliphatic carboxylic acids is 1. The number of halogens is 2. The van der Waals surface area contributed by atoms with E-state index < -0.39 is 266 Å². The van der Waals surface area contributed by atoms with Gasteiger partial charge < -0.3 is 109 Å². The molecule has 37 nitrogen and oxygen atoms in total. The number of carbonyl (C=O) groups excluding carboxylic acids is 15. The Morgan fingerprint density at radius 3 is 1.63 bits per heavy atom. The third kappa shape index (κ3) is 29.3. The number of H-pyrrole nitrogens is 1. The SMILES string of the molecule is CCCC[C@H]1C(=O)N2C[C@H](O)C[C@@H]2C(=O)N[C@@H](CC(=O)O)C(=O)N[C@@H](C(C)C)C(=O)N(C)[C@@H](Cc2ccccc2)C(=O)N[C@@H](CCCCN)C(=O)N2C[C@H](O)C[C@@H]2C(=O)N[C@@H](Cc2c[nH]c3ccccc23)C(=O)N[C@@H](Cc2ccc(O)cc2)C(=O)N[C@H](CC(C)C)C(=O)N[C@H](C(=O)NCC(N)=O)CSCC(=O)N[C@H](Cc2ccc(F)c(F)c2)C(=O)N(C)[C@@H](Cc2ccccc2)C(=O)N1C. The normalized spacial score (nSPS) is 24.6. The molecule has 0 saturated carbocycles. The number of aromatic hydroxyl groups is 1. The Kier molecular flexibility index (Phi) is 38.8. The summed E-state index contributed by atoms with van der Waals surface area (Å²) in [4.78, 5) is 246. The van der Waals surface area contributed by atoms with Crippen LogP contribution in [0.3, 0.4) is 0 Å². The second-order valence-electron chi connectivity index (χ2n) is 35.0. The standard InChI is InChI=1S/C94H123F2N17O20S/c1-9-10-28-73-93(132)113-49-61(116)44-76(113)89(128)106-70(45-80(119)120)86(125)108-81(53(4)5)94(133)110(7)74(40-54-21-13-11-14-22-54)87(126)102-66(27-19-20-35-97)91(130)112-48-60(115)43-75(112)88(127)105-69(42-58-46-99-65-26-18-17-25-62(58)65)85(124)104-68(38-56-29-32-59(114)33-30-56)84(123)103-67(36-52(2)3)83(122)107-72(82(121)100-47-78(98)117)50-134-51-79(118)101-71(39-57-31-34-63(95)64(96)37-57)90(129)111(8)77(92(131)109(73)6)41-55-23-15-12-16-24-55/h11-18,21-26,29-34,37,46,52-53,60-61,66-77,81,99,114-116H,9-10,19-20,27-28,35-36,38-45,47-51,97H2,1-8H3,(H2,98,117)(H,100,121)(H,101,118)(H,102,126)(H,103,123)(H,104,124)(H,105,127)(H,106,128)(H,107,122)(H,108,125)(H,119,120)/t60-,61-,66+,67-,68+,69+,70+,71-,72+,73+,74+,75-,76-,77+,81+/m1/s1. The minimum atomic E-state index is -2.02. The first-order valence-corrected chi connectivity index (χ1v) is 46.0. The maximum absolute atomic E-state index is 15.7. The third-order valence-corrected chi connectivity index (χ3v) is 25.0. The van der Waals surface area contributed by atoms with Crippen molar-refractivity contribution in [2.24, 2.45) is 23.3 Å². The van der Waals surface area contributed by atoms with Crippen LogP contribution in [-0.4, -0.2) is 294 Å². The van der Waals surface area contributed by atoms with Crippen molar-refractivity contribution in [1.82, 2.24) is 77.3 Å². The summed E-state index contributed by atoms with van der Waals surface area (Å²) >= 11 is 0.713. The molecule has 18 N–H and O–H groups in total. The summed E-state index contributed by atoms with van der Waals surface area (Å²) in [6, 6.07) is 10.7. The number of likely N-dealkylation sites (N-methyl/N-ethyl adjacent to an activating group) is 3. The van der Waals surface area contributed by atoms with Crippen molar-refractivity contribution in [1.29, 1.82) is 0 Å². The van der Waals surface area contributed by atoms with Crippen molar-refractivity contribution in [3.8, 4) is 5.75 Å². The lowest BCUT2D eigenvalue weighted by molar-refractivity contribution is -0.152. The molecule has 0 spiro atoms. The van der Waals surface area contributed by atoms with Gasteiger partial charge in [-0.25, -0.2) is 8.78 Å². The summed E-state index contributed by atoms with van der Waals surface area (Å²) in [6.45, 7) is 6.65. The number of unbranched alkanes of at least 4 members (excludes halogenated alkanes) is 2. The van der Waals surface area contributed by atoms with Crippen molar-refractivity contribution < 1.29 is 106 Å². The van der Waals surface area contributed by atoms with E-state index in [1.165, 1.54) is 59.3 Å². The molecule has 15 atom stereocenters. The number of hydrogen-bond acceptors (Lipinski definition) is 21. The number of aromatic nitrogens is 1. The Labute approximate surface area is 779 Å². The van der Waals surface area contributed by atoms with Crippen LogP contribution in [0.1, 0.15) is 127 Å². The fraction of sp³-hybridized carbons (Fsp3) is 0.489. The zero-order valence-corrected chi connectivity index (χ0v) is 77.1. The maximum atomic E-state index is 15.7. The topological polar surface area (TPSA) is 546 Å². The molecule has 15 amide bonds. The van der Waals surface area contributed by atoms with E-state index in [1.807, 2.05) is 0 Å². The van der Waals surface area contributed by atoms with Gasteiger partial charge >= 0.3 is 5.97 Å². The molecule has 3 saturated heterocycles. The van der Waals surface area contributed by atoms with E-state index in [1.54, 1.807) is 112 Å². The number of rotatable bonds is 25. The number of phenolic OH excluding ortho intramolecular Hbond substituents is 1. The molecule has 9 rings (SSSR count). The lowest BCUT2D eigenvalue weighted by Gasteiger charge is -2.38. The number of hydrogen-bond donors (Lipinski definition) is 16. The Bertz CT molecular complexity index is 5160. The van der Waals surface area contributed by atoms with Crippen molar-refractivity contribution in [3.05, 3.63) is 173 Å². The first kappa shape index (κ1) is 105. The van der Waals surface area contributed by atoms with Gasteiger partial charge in [0, 0.05) is 102 Å². The fourth-order valence-corrected chi connectivity index (χ4v) is 17.5. The van der Waals surface area contributed by atoms with Crippen LogP contribution < -0.4 is 59.3 Å².